The van der Waals surface area contributed by atoms with Crippen LogP contribution in [0.5, 0.6) is 0 Å². The molecule has 0 fully saturated rings. The van der Waals surface area contributed by atoms with Gasteiger partial charge in [0, 0.05) is 33.4 Å². The third-order valence-corrected chi connectivity index (χ3v) is 18.0. The molecule has 1 aromatic heterocycles. The first kappa shape index (κ1) is 69.5. The molecule has 11 aromatic carbocycles. The Kier molecular flexibility index (Phi) is 18.0. The first-order valence-corrected chi connectivity index (χ1v) is 28.5. The van der Waals surface area contributed by atoms with Gasteiger partial charge in [-0.3, -0.25) is 0 Å². The Hall–Kier alpha value is -6.38. The minimum Gasteiger partial charge on any atom is -0.456 e. The summed E-state index contributed by atoms with van der Waals surface area (Å²) in [7, 11) is 217. The van der Waals surface area contributed by atoms with Crippen molar-refractivity contribution >= 4 is 486 Å². The molecule has 0 amide bonds. The lowest BCUT2D eigenvalue weighted by Gasteiger charge is -2.35. The molecule has 0 aliphatic rings. The molecule has 12 aromatic rings. The van der Waals surface area contributed by atoms with E-state index in [0.717, 1.165) is 0 Å². The number of benzene rings is 11. The van der Waals surface area contributed by atoms with Gasteiger partial charge in [0.25, 0.3) is 0 Å². The van der Waals surface area contributed by atoms with Crippen molar-refractivity contribution in [2.45, 2.75) is 0 Å². The van der Waals surface area contributed by atoms with Crippen molar-refractivity contribution in [3.8, 4) is 55.6 Å². The van der Waals surface area contributed by atoms with Gasteiger partial charge in [-0.15, -0.1) is 65.6 Å². The highest BCUT2D eigenvalue weighted by atomic mass is 16.3. The molecule has 0 aliphatic carbocycles. The van der Waals surface area contributed by atoms with Crippen LogP contribution in [0.15, 0.2) is 59.0 Å². The molecule has 0 saturated carbocycles. The first-order chi connectivity index (χ1) is 45.0. The molecule has 0 spiro atoms. The van der Waals surface area contributed by atoms with E-state index >= 15 is 0 Å². The van der Waals surface area contributed by atoms with E-state index < -0.39 is 0 Å². The number of rotatable bonds is 8. The average molecular weight is 1130 g/mol. The Morgan fingerprint density at radius 3 is 1.18 bits per heavy atom. The summed E-state index contributed by atoms with van der Waals surface area (Å²) in [6, 6.07) is 13.4. The van der Waals surface area contributed by atoms with Crippen LogP contribution >= 0.6 is 0 Å². The van der Waals surface area contributed by atoms with Crippen LogP contribution in [-0.4, -0.2) is 251 Å². The first-order valence-electron chi connectivity index (χ1n) is 28.5. The fraction of sp³-hybridized carbons (Fsp3) is 0. The molecule has 0 unspecified atom stereocenters. The molecular weight excluding hydrogens is 1120 g/mol. The van der Waals surface area contributed by atoms with Gasteiger partial charge in [-0.05, 0) is 95.9 Å². The standard InChI is InChI=1S/C62H9B32NO/c63-16-1-10(2-17(64)31(16)29-13-4-22(69)42(76)50(84)30(13)34-32(47(29)81)19(66)8-24(71)41(34)75)95(25-7-11(12-3-21(68)43(77)55(89)38(12)72)27(48(82)45(25)79)14-6-23(70)44(78)56(90)40(14)74)26-9-20(67)28(49(83)46(26)80)15-5-18(65)33(51(85)39(15)73)35-52(86)57(91)53(87)36-37-54(88)58(92)59(93)60(94)62(37)96-61(35)36/h1-9H. The Bertz CT molecular complexity index is 5560. The zero-order valence-corrected chi connectivity index (χ0v) is 51.0. The highest BCUT2D eigenvalue weighted by Gasteiger charge is 2.30. The van der Waals surface area contributed by atoms with Crippen molar-refractivity contribution in [1.82, 2.24) is 0 Å². The minimum absolute atomic E-state index is 0.000271. The van der Waals surface area contributed by atoms with Crippen LogP contribution in [0.25, 0.3) is 99.1 Å². The van der Waals surface area contributed by atoms with Gasteiger partial charge in [-0.25, -0.2) is 0 Å². The third-order valence-electron chi connectivity index (χ3n) is 18.0. The zero-order chi connectivity index (χ0) is 70.2. The average Bonchev–Trinajstić information content (AvgIpc) is 1.24. The summed E-state index contributed by atoms with van der Waals surface area (Å²) < 4.78 is 6.38. The summed E-state index contributed by atoms with van der Waals surface area (Å²) in [5.74, 6) is 0. The van der Waals surface area contributed by atoms with Gasteiger partial charge in [-0.2, -0.15) is 0 Å². The predicted molar refractivity (Wildman–Crippen MR) is 443 cm³/mol. The fourth-order valence-corrected chi connectivity index (χ4v) is 12.9. The number of hydrogen-bond acceptors (Lipinski definition) is 2. The molecule has 2 nitrogen and oxygen atoms in total. The van der Waals surface area contributed by atoms with Gasteiger partial charge in [0.2, 0.25) is 0 Å². The van der Waals surface area contributed by atoms with Gasteiger partial charge in [0.1, 0.15) is 262 Å². The van der Waals surface area contributed by atoms with Crippen LogP contribution < -0.4 is 180 Å². The van der Waals surface area contributed by atoms with E-state index in [9.17, 15) is 0 Å². The number of furan rings is 1. The SMILES string of the molecule is [B]c1cc(-c2cc(N(c3cc([B])c(-c4c([B])c5c([B])cc([B])c([B])c5c5c([B])c([B])c([B])cc45)c([B])c3)c3cc([B])c(-c4cc([B])c(-c5c([B])c([B])c([B])c6c5oc5c([B])c([B])c([B])c([B])c56)c([B])c4[B])c([B])c3[B])c([B])c([B])c2-c2cc([B])c([B])c([B])c2[B])c([B])c([B])c1[B]. The van der Waals surface area contributed by atoms with Crippen LogP contribution in [0, 0.1) is 0 Å². The molecule has 34 heteroatoms. The molecule has 0 N–H and O–H groups in total. The van der Waals surface area contributed by atoms with E-state index in [1.165, 1.54) is 47.4 Å². The Balaban J connectivity index is 1.15. The van der Waals surface area contributed by atoms with E-state index in [4.69, 9.17) is 255 Å². The molecule has 64 radical (unpaired) electrons. The fourth-order valence-electron chi connectivity index (χ4n) is 12.9. The van der Waals surface area contributed by atoms with Crippen molar-refractivity contribution in [2.75, 3.05) is 4.90 Å². The topological polar surface area (TPSA) is 16.4 Å². The zero-order valence-electron chi connectivity index (χ0n) is 51.0. The van der Waals surface area contributed by atoms with Crippen molar-refractivity contribution in [3.05, 3.63) is 54.6 Å². The lowest BCUT2D eigenvalue weighted by atomic mass is 9.61. The maximum Gasteiger partial charge on any atom is 0.141 e. The number of hydrogen-bond donors (Lipinski definition) is 0. The molecule has 0 saturated heterocycles. The minimum atomic E-state index is -0.197. The Labute approximate surface area is 601 Å². The van der Waals surface area contributed by atoms with Crippen molar-refractivity contribution in [3.63, 3.8) is 0 Å². The van der Waals surface area contributed by atoms with Crippen LogP contribution in [0.4, 0.5) is 17.1 Å². The summed E-state index contributed by atoms with van der Waals surface area (Å²) in [5.41, 5.74) is 0.0689. The van der Waals surface area contributed by atoms with Crippen LogP contribution in [0.2, 0.25) is 0 Å². The normalized spacial score (nSPS) is 11.6. The van der Waals surface area contributed by atoms with Crippen molar-refractivity contribution < 1.29 is 4.42 Å². The van der Waals surface area contributed by atoms with E-state index in [1.807, 2.05) is 0 Å². The molecule has 0 bridgehead atoms. The van der Waals surface area contributed by atoms with E-state index in [1.54, 1.807) is 12.1 Å². The van der Waals surface area contributed by atoms with E-state index in [0.29, 0.717) is 16.2 Å². The molecule has 96 heavy (non-hydrogen) atoms. The molecular formula is C62H9B32NO. The molecule has 364 valence electrons. The Morgan fingerprint density at radius 2 is 0.583 bits per heavy atom. The molecule has 12 rings (SSSR count). The van der Waals surface area contributed by atoms with Crippen LogP contribution in [-0.2, 0) is 0 Å². The van der Waals surface area contributed by atoms with Crippen LogP contribution in [0.1, 0.15) is 0 Å². The Morgan fingerprint density at radius 1 is 0.188 bits per heavy atom. The van der Waals surface area contributed by atoms with Gasteiger partial charge in [-0.1, -0.05) is 140 Å². The highest BCUT2D eigenvalue weighted by Crippen LogP contribution is 2.39. The van der Waals surface area contributed by atoms with Crippen molar-refractivity contribution in [1.29, 1.82) is 0 Å². The lowest BCUT2D eigenvalue weighted by molar-refractivity contribution is 0.673. The monoisotopic (exact) mass is 1140 g/mol. The van der Waals surface area contributed by atoms with Gasteiger partial charge < -0.3 is 9.32 Å². The largest absolute Gasteiger partial charge is 0.456 e. The smallest absolute Gasteiger partial charge is 0.141 e. The number of nitrogens with zero attached hydrogens (tertiary/aromatic N) is 1. The maximum absolute atomic E-state index is 7.37. The lowest BCUT2D eigenvalue weighted by Crippen LogP contribution is -2.49. The van der Waals surface area contributed by atoms with Gasteiger partial charge >= 0.3 is 0 Å². The molecule has 0 atom stereocenters. The molecule has 1 heterocycles. The number of anilines is 3. The highest BCUT2D eigenvalue weighted by molar-refractivity contribution is 6.73. The number of fused-ring (bicyclic) bond motifs is 6. The second kappa shape index (κ2) is 24.8. The van der Waals surface area contributed by atoms with Crippen molar-refractivity contribution in [2.24, 2.45) is 0 Å². The van der Waals surface area contributed by atoms with Gasteiger partial charge in [0.15, 0.2) is 0 Å². The third kappa shape index (κ3) is 10.2. The summed E-state index contributed by atoms with van der Waals surface area (Å²) in [5, 5.41) is 1.53. The van der Waals surface area contributed by atoms with E-state index in [-0.39, 0.29) is 275 Å². The predicted octanol–water partition coefficient (Wildman–Crippen LogP) is -20.9. The summed E-state index contributed by atoms with van der Waals surface area (Å²) in [6.45, 7) is 0. The maximum atomic E-state index is 7.37. The second-order valence-corrected chi connectivity index (χ2v) is 23.4. The summed E-state index contributed by atoms with van der Waals surface area (Å²) >= 11 is 0. The van der Waals surface area contributed by atoms with Crippen LogP contribution in [0.3, 0.4) is 0 Å². The molecule has 0 aliphatic heterocycles. The second-order valence-electron chi connectivity index (χ2n) is 23.4. The summed E-state index contributed by atoms with van der Waals surface area (Å²) in [6.07, 6.45) is 0. The quantitative estimate of drug-likeness (QED) is 0.111. The van der Waals surface area contributed by atoms with E-state index in [2.05, 4.69) is 0 Å². The summed E-state index contributed by atoms with van der Waals surface area (Å²) in [4.78, 5) is 1.50. The van der Waals surface area contributed by atoms with Gasteiger partial charge in [0.05, 0.1) is 0 Å².